The quantitative estimate of drug-likeness (QED) is 0.832. The molecule has 0 aliphatic rings. The summed E-state index contributed by atoms with van der Waals surface area (Å²) in [7, 11) is 3.23. The highest BCUT2D eigenvalue weighted by Gasteiger charge is 2.20. The molecule has 19 heavy (non-hydrogen) atoms. The Hall–Kier alpha value is -1.42. The average Bonchev–Trinajstić information content (AvgIpc) is 2.33. The molecule has 0 aliphatic carbocycles. The van der Waals surface area contributed by atoms with Crippen LogP contribution in [0.3, 0.4) is 0 Å². The third-order valence-electron chi connectivity index (χ3n) is 3.27. The van der Waals surface area contributed by atoms with Crippen LogP contribution in [-0.2, 0) is 6.54 Å². The SMILES string of the molecule is CCN(Cc1cc(N)c(OC)c(OC)c1)C(C)(C)C. The summed E-state index contributed by atoms with van der Waals surface area (Å²) in [5.74, 6) is 1.28. The molecule has 1 aromatic rings. The number of rotatable bonds is 5. The lowest BCUT2D eigenvalue weighted by molar-refractivity contribution is 0.136. The number of nitrogens with two attached hydrogens (primary N) is 1. The van der Waals surface area contributed by atoms with E-state index in [1.54, 1.807) is 14.2 Å². The molecule has 4 nitrogen and oxygen atoms in total. The molecule has 0 saturated carbocycles. The normalized spacial score (nSPS) is 11.7. The smallest absolute Gasteiger partial charge is 0.183 e. The minimum Gasteiger partial charge on any atom is -0.493 e. The van der Waals surface area contributed by atoms with Crippen molar-refractivity contribution in [2.24, 2.45) is 0 Å². The Bertz CT molecular complexity index is 425. The lowest BCUT2D eigenvalue weighted by Gasteiger charge is -2.35. The summed E-state index contributed by atoms with van der Waals surface area (Å²) in [6, 6.07) is 3.94. The molecule has 1 rings (SSSR count). The van der Waals surface area contributed by atoms with Gasteiger partial charge in [0.1, 0.15) is 0 Å². The van der Waals surface area contributed by atoms with Crippen molar-refractivity contribution in [1.29, 1.82) is 0 Å². The van der Waals surface area contributed by atoms with Gasteiger partial charge in [-0.3, -0.25) is 4.90 Å². The third kappa shape index (κ3) is 3.77. The van der Waals surface area contributed by atoms with Gasteiger partial charge >= 0.3 is 0 Å². The van der Waals surface area contributed by atoms with E-state index in [9.17, 15) is 0 Å². The van der Waals surface area contributed by atoms with Gasteiger partial charge in [0, 0.05) is 12.1 Å². The lowest BCUT2D eigenvalue weighted by Crippen LogP contribution is -2.40. The number of nitrogens with zero attached hydrogens (tertiary/aromatic N) is 1. The molecular formula is C15H26N2O2. The maximum atomic E-state index is 6.01. The number of methoxy groups -OCH3 is 2. The van der Waals surface area contributed by atoms with Crippen LogP contribution in [0, 0.1) is 0 Å². The maximum Gasteiger partial charge on any atom is 0.183 e. The molecular weight excluding hydrogens is 240 g/mol. The van der Waals surface area contributed by atoms with E-state index in [2.05, 4.69) is 32.6 Å². The fourth-order valence-electron chi connectivity index (χ4n) is 2.19. The highest BCUT2D eigenvalue weighted by molar-refractivity contribution is 5.62. The van der Waals surface area contributed by atoms with Gasteiger partial charge in [-0.05, 0) is 45.0 Å². The van der Waals surface area contributed by atoms with E-state index in [1.807, 2.05) is 12.1 Å². The zero-order valence-electron chi connectivity index (χ0n) is 12.9. The van der Waals surface area contributed by atoms with Crippen LogP contribution in [0.25, 0.3) is 0 Å². The van der Waals surface area contributed by atoms with E-state index in [1.165, 1.54) is 0 Å². The molecule has 0 unspecified atom stereocenters. The Morgan fingerprint density at radius 3 is 2.21 bits per heavy atom. The van der Waals surface area contributed by atoms with Gasteiger partial charge in [-0.25, -0.2) is 0 Å². The molecule has 0 radical (unpaired) electrons. The van der Waals surface area contributed by atoms with Crippen molar-refractivity contribution in [3.8, 4) is 11.5 Å². The fourth-order valence-corrected chi connectivity index (χ4v) is 2.19. The van der Waals surface area contributed by atoms with Gasteiger partial charge in [-0.15, -0.1) is 0 Å². The van der Waals surface area contributed by atoms with Crippen molar-refractivity contribution in [2.75, 3.05) is 26.5 Å². The van der Waals surface area contributed by atoms with Crippen molar-refractivity contribution < 1.29 is 9.47 Å². The highest BCUT2D eigenvalue weighted by atomic mass is 16.5. The molecule has 0 aromatic heterocycles. The van der Waals surface area contributed by atoms with Crippen LogP contribution in [0.2, 0.25) is 0 Å². The summed E-state index contributed by atoms with van der Waals surface area (Å²) in [5, 5.41) is 0. The molecule has 0 saturated heterocycles. The van der Waals surface area contributed by atoms with Gasteiger partial charge in [0.15, 0.2) is 11.5 Å². The van der Waals surface area contributed by atoms with Gasteiger partial charge < -0.3 is 15.2 Å². The molecule has 1 aromatic carbocycles. The van der Waals surface area contributed by atoms with Crippen LogP contribution in [0.4, 0.5) is 5.69 Å². The van der Waals surface area contributed by atoms with Crippen molar-refractivity contribution in [3.63, 3.8) is 0 Å². The molecule has 4 heteroatoms. The zero-order valence-corrected chi connectivity index (χ0v) is 12.9. The Labute approximate surface area is 116 Å². The van der Waals surface area contributed by atoms with Gasteiger partial charge in [0.2, 0.25) is 0 Å². The molecule has 108 valence electrons. The molecule has 0 fully saturated rings. The first kappa shape index (κ1) is 15.6. The maximum absolute atomic E-state index is 6.01. The monoisotopic (exact) mass is 266 g/mol. The Kier molecular flexibility index (Phi) is 5.06. The van der Waals surface area contributed by atoms with Crippen molar-refractivity contribution in [3.05, 3.63) is 17.7 Å². The second kappa shape index (κ2) is 6.15. The van der Waals surface area contributed by atoms with Gasteiger partial charge in [-0.1, -0.05) is 6.92 Å². The summed E-state index contributed by atoms with van der Waals surface area (Å²) < 4.78 is 10.6. The number of nitrogen functional groups attached to an aromatic ring is 1. The molecule has 2 N–H and O–H groups in total. The van der Waals surface area contributed by atoms with Crippen LogP contribution in [0.1, 0.15) is 33.3 Å². The number of hydrogen-bond acceptors (Lipinski definition) is 4. The number of benzene rings is 1. The second-order valence-electron chi connectivity index (χ2n) is 5.61. The van der Waals surface area contributed by atoms with Crippen LogP contribution >= 0.6 is 0 Å². The van der Waals surface area contributed by atoms with Gasteiger partial charge in [0.05, 0.1) is 19.9 Å². The Morgan fingerprint density at radius 2 is 1.79 bits per heavy atom. The van der Waals surface area contributed by atoms with Gasteiger partial charge in [0.25, 0.3) is 0 Å². The summed E-state index contributed by atoms with van der Waals surface area (Å²) in [4.78, 5) is 2.38. The zero-order chi connectivity index (χ0) is 14.6. The minimum absolute atomic E-state index is 0.122. The summed E-state index contributed by atoms with van der Waals surface area (Å²) in [6.45, 7) is 10.6. The lowest BCUT2D eigenvalue weighted by atomic mass is 10.0. The predicted molar refractivity (Wildman–Crippen MR) is 79.8 cm³/mol. The van der Waals surface area contributed by atoms with E-state index in [0.717, 1.165) is 18.7 Å². The standard InChI is InChI=1S/C15H26N2O2/c1-7-17(15(2,3)4)10-11-8-12(16)14(19-6)13(9-11)18-5/h8-9H,7,10,16H2,1-6H3. The molecule has 0 amide bonds. The van der Waals surface area contributed by atoms with Gasteiger partial charge in [-0.2, -0.15) is 0 Å². The topological polar surface area (TPSA) is 47.7 Å². The largest absolute Gasteiger partial charge is 0.493 e. The average molecular weight is 266 g/mol. The Balaban J connectivity index is 3.05. The molecule has 0 bridgehead atoms. The van der Waals surface area contributed by atoms with Crippen LogP contribution < -0.4 is 15.2 Å². The Morgan fingerprint density at radius 1 is 1.16 bits per heavy atom. The highest BCUT2D eigenvalue weighted by Crippen LogP contribution is 2.35. The van der Waals surface area contributed by atoms with Crippen LogP contribution in [0.15, 0.2) is 12.1 Å². The summed E-state index contributed by atoms with van der Waals surface area (Å²) >= 11 is 0. The predicted octanol–water partition coefficient (Wildman–Crippen LogP) is 2.91. The summed E-state index contributed by atoms with van der Waals surface area (Å²) in [5.41, 5.74) is 7.88. The molecule has 0 atom stereocenters. The van der Waals surface area contributed by atoms with E-state index in [0.29, 0.717) is 17.2 Å². The van der Waals surface area contributed by atoms with Crippen molar-refractivity contribution >= 4 is 5.69 Å². The molecule has 0 aliphatic heterocycles. The number of hydrogen-bond donors (Lipinski definition) is 1. The van der Waals surface area contributed by atoms with E-state index in [-0.39, 0.29) is 5.54 Å². The first-order chi connectivity index (χ1) is 8.83. The van der Waals surface area contributed by atoms with Crippen molar-refractivity contribution in [1.82, 2.24) is 4.90 Å². The van der Waals surface area contributed by atoms with E-state index >= 15 is 0 Å². The second-order valence-corrected chi connectivity index (χ2v) is 5.61. The molecule has 0 heterocycles. The van der Waals surface area contributed by atoms with Crippen LogP contribution in [-0.4, -0.2) is 31.2 Å². The molecule has 0 spiro atoms. The van der Waals surface area contributed by atoms with Crippen LogP contribution in [0.5, 0.6) is 11.5 Å². The third-order valence-corrected chi connectivity index (χ3v) is 3.27. The fraction of sp³-hybridized carbons (Fsp3) is 0.600. The first-order valence-electron chi connectivity index (χ1n) is 6.58. The van der Waals surface area contributed by atoms with E-state index < -0.39 is 0 Å². The number of ether oxygens (including phenoxy) is 2. The summed E-state index contributed by atoms with van der Waals surface area (Å²) in [6.07, 6.45) is 0. The minimum atomic E-state index is 0.122. The van der Waals surface area contributed by atoms with Crippen molar-refractivity contribution in [2.45, 2.75) is 39.8 Å². The first-order valence-corrected chi connectivity index (χ1v) is 6.58. The number of anilines is 1. The van der Waals surface area contributed by atoms with E-state index in [4.69, 9.17) is 15.2 Å².